The molecule has 0 aliphatic heterocycles. The summed E-state index contributed by atoms with van der Waals surface area (Å²) in [4.78, 5) is 0. The highest BCUT2D eigenvalue weighted by Gasteiger charge is 2.21. The Balaban J connectivity index is 2.30. The Labute approximate surface area is 83.1 Å². The average Bonchev–Trinajstić information content (AvgIpc) is 2.58. The van der Waals surface area contributed by atoms with Crippen molar-refractivity contribution in [3.63, 3.8) is 0 Å². The second-order valence-corrected chi connectivity index (χ2v) is 3.42. The molecule has 1 aromatic carbocycles. The molecule has 2 N–H and O–H groups in total. The summed E-state index contributed by atoms with van der Waals surface area (Å²) in [5, 5.41) is 8.43. The third kappa shape index (κ3) is 1.45. The zero-order valence-corrected chi connectivity index (χ0v) is 7.86. The summed E-state index contributed by atoms with van der Waals surface area (Å²) in [7, 11) is 0. The van der Waals surface area contributed by atoms with E-state index in [1.165, 1.54) is 11.1 Å². The van der Waals surface area contributed by atoms with E-state index in [2.05, 4.69) is 0 Å². The number of fused-ring (bicyclic) bond motifs is 1. The Kier molecular flexibility index (Phi) is 2.38. The molecule has 0 saturated heterocycles. The fourth-order valence-corrected chi connectivity index (χ4v) is 1.90. The van der Waals surface area contributed by atoms with Crippen LogP contribution in [0.4, 0.5) is 0 Å². The molecule has 1 aliphatic carbocycles. The van der Waals surface area contributed by atoms with Crippen molar-refractivity contribution in [2.24, 2.45) is 5.73 Å². The third-order valence-electron chi connectivity index (χ3n) is 2.57. The van der Waals surface area contributed by atoms with Crippen molar-refractivity contribution in [2.45, 2.75) is 18.9 Å². The highest BCUT2D eigenvalue weighted by atomic mass is 16.5. The van der Waals surface area contributed by atoms with Crippen molar-refractivity contribution in [1.29, 1.82) is 5.26 Å². The maximum atomic E-state index is 8.43. The molecule has 1 atom stereocenters. The highest BCUT2D eigenvalue weighted by molar-refractivity contribution is 5.44. The van der Waals surface area contributed by atoms with E-state index in [-0.39, 0.29) is 12.6 Å². The van der Waals surface area contributed by atoms with Crippen LogP contribution in [0.2, 0.25) is 0 Å². The first-order valence-electron chi connectivity index (χ1n) is 4.70. The molecule has 0 bridgehead atoms. The van der Waals surface area contributed by atoms with Crippen LogP contribution in [0, 0.1) is 11.3 Å². The van der Waals surface area contributed by atoms with Gasteiger partial charge in [-0.1, -0.05) is 12.1 Å². The number of nitriles is 1. The molecule has 0 spiro atoms. The number of hydrogen-bond donors (Lipinski definition) is 1. The Hall–Kier alpha value is -1.53. The smallest absolute Gasteiger partial charge is 0.174 e. The van der Waals surface area contributed by atoms with Gasteiger partial charge in [0, 0.05) is 6.04 Å². The van der Waals surface area contributed by atoms with Gasteiger partial charge >= 0.3 is 0 Å². The van der Waals surface area contributed by atoms with Crippen molar-refractivity contribution in [2.75, 3.05) is 6.61 Å². The molecule has 0 radical (unpaired) electrons. The Morgan fingerprint density at radius 3 is 3.21 bits per heavy atom. The summed E-state index contributed by atoms with van der Waals surface area (Å²) >= 11 is 0. The van der Waals surface area contributed by atoms with Crippen LogP contribution in [0.15, 0.2) is 18.2 Å². The molecule has 1 unspecified atom stereocenters. The van der Waals surface area contributed by atoms with Gasteiger partial charge in [-0.25, -0.2) is 0 Å². The van der Waals surface area contributed by atoms with Gasteiger partial charge in [0.1, 0.15) is 11.8 Å². The molecule has 1 aromatic rings. The molecular weight excluding hydrogens is 176 g/mol. The van der Waals surface area contributed by atoms with E-state index >= 15 is 0 Å². The fraction of sp³-hybridized carbons (Fsp3) is 0.364. The topological polar surface area (TPSA) is 59.0 Å². The van der Waals surface area contributed by atoms with E-state index < -0.39 is 0 Å². The summed E-state index contributed by atoms with van der Waals surface area (Å²) in [6.45, 7) is 0.103. The van der Waals surface area contributed by atoms with Crippen molar-refractivity contribution in [3.8, 4) is 11.8 Å². The van der Waals surface area contributed by atoms with Crippen LogP contribution in [0.25, 0.3) is 0 Å². The van der Waals surface area contributed by atoms with Crippen LogP contribution in [-0.2, 0) is 6.42 Å². The van der Waals surface area contributed by atoms with Crippen molar-refractivity contribution in [1.82, 2.24) is 0 Å². The Morgan fingerprint density at radius 2 is 2.43 bits per heavy atom. The molecular formula is C11H12N2O. The molecule has 3 nitrogen and oxygen atoms in total. The monoisotopic (exact) mass is 188 g/mol. The molecule has 2 rings (SSSR count). The zero-order valence-electron chi connectivity index (χ0n) is 7.86. The minimum absolute atomic E-state index is 0.103. The lowest BCUT2D eigenvalue weighted by Gasteiger charge is -2.08. The predicted molar refractivity (Wildman–Crippen MR) is 52.8 cm³/mol. The third-order valence-corrected chi connectivity index (χ3v) is 2.57. The molecule has 3 heteroatoms. The van der Waals surface area contributed by atoms with Gasteiger partial charge < -0.3 is 10.5 Å². The van der Waals surface area contributed by atoms with Gasteiger partial charge in [-0.3, -0.25) is 0 Å². The van der Waals surface area contributed by atoms with E-state index in [1.807, 2.05) is 24.3 Å². The summed E-state index contributed by atoms with van der Waals surface area (Å²) in [6.07, 6.45) is 1.93. The SMILES string of the molecule is N#CCOc1cccc2c1CCC2N. The number of benzene rings is 1. The van der Waals surface area contributed by atoms with Crippen molar-refractivity contribution >= 4 is 0 Å². The lowest BCUT2D eigenvalue weighted by Crippen LogP contribution is -2.05. The highest BCUT2D eigenvalue weighted by Crippen LogP contribution is 2.35. The largest absolute Gasteiger partial charge is 0.478 e. The van der Waals surface area contributed by atoms with E-state index in [0.29, 0.717) is 0 Å². The summed E-state index contributed by atoms with van der Waals surface area (Å²) < 4.78 is 5.33. The first-order chi connectivity index (χ1) is 6.83. The lowest BCUT2D eigenvalue weighted by molar-refractivity contribution is 0.364. The van der Waals surface area contributed by atoms with Crippen LogP contribution >= 0.6 is 0 Å². The molecule has 0 heterocycles. The maximum Gasteiger partial charge on any atom is 0.174 e. The van der Waals surface area contributed by atoms with Crippen LogP contribution in [0.1, 0.15) is 23.6 Å². The number of nitrogens with zero attached hydrogens (tertiary/aromatic N) is 1. The van der Waals surface area contributed by atoms with Gasteiger partial charge in [0.05, 0.1) is 0 Å². The quantitative estimate of drug-likeness (QED) is 0.765. The fourth-order valence-electron chi connectivity index (χ4n) is 1.90. The van der Waals surface area contributed by atoms with Crippen LogP contribution in [0.3, 0.4) is 0 Å². The second-order valence-electron chi connectivity index (χ2n) is 3.42. The number of ether oxygens (including phenoxy) is 1. The van der Waals surface area contributed by atoms with Gasteiger partial charge in [-0.2, -0.15) is 5.26 Å². The number of hydrogen-bond acceptors (Lipinski definition) is 3. The number of rotatable bonds is 2. The Morgan fingerprint density at radius 1 is 1.57 bits per heavy atom. The van der Waals surface area contributed by atoms with Crippen molar-refractivity contribution in [3.05, 3.63) is 29.3 Å². The van der Waals surface area contributed by atoms with Crippen LogP contribution in [0.5, 0.6) is 5.75 Å². The molecule has 14 heavy (non-hydrogen) atoms. The molecule has 0 aromatic heterocycles. The average molecular weight is 188 g/mol. The van der Waals surface area contributed by atoms with E-state index in [4.69, 9.17) is 15.7 Å². The Bertz CT molecular complexity index is 381. The van der Waals surface area contributed by atoms with Gasteiger partial charge in [0.25, 0.3) is 0 Å². The molecule has 72 valence electrons. The van der Waals surface area contributed by atoms with E-state index in [1.54, 1.807) is 0 Å². The summed E-state index contributed by atoms with van der Waals surface area (Å²) in [5.41, 5.74) is 8.27. The molecule has 0 amide bonds. The van der Waals surface area contributed by atoms with Gasteiger partial charge in [-0.05, 0) is 30.0 Å². The lowest BCUT2D eigenvalue weighted by atomic mass is 10.1. The predicted octanol–water partition coefficient (Wildman–Crippen LogP) is 1.53. The van der Waals surface area contributed by atoms with Crippen LogP contribution < -0.4 is 10.5 Å². The van der Waals surface area contributed by atoms with Crippen molar-refractivity contribution < 1.29 is 4.74 Å². The van der Waals surface area contributed by atoms with Gasteiger partial charge in [0.15, 0.2) is 6.61 Å². The minimum Gasteiger partial charge on any atom is -0.478 e. The number of nitrogens with two attached hydrogens (primary N) is 1. The van der Waals surface area contributed by atoms with Gasteiger partial charge in [-0.15, -0.1) is 0 Å². The molecule has 0 fully saturated rings. The molecule has 1 aliphatic rings. The normalized spacial score (nSPS) is 18.7. The van der Waals surface area contributed by atoms with Gasteiger partial charge in [0.2, 0.25) is 0 Å². The first kappa shape index (κ1) is 9.04. The summed E-state index contributed by atoms with van der Waals surface area (Å²) in [6, 6.07) is 7.96. The minimum atomic E-state index is 0.103. The zero-order chi connectivity index (χ0) is 9.97. The second kappa shape index (κ2) is 3.69. The van der Waals surface area contributed by atoms with Crippen LogP contribution in [-0.4, -0.2) is 6.61 Å². The standard InChI is InChI=1S/C11H12N2O/c12-6-7-14-11-3-1-2-8-9(11)4-5-10(8)13/h1-3,10H,4-5,7,13H2. The summed E-state index contributed by atoms with van der Waals surface area (Å²) in [5.74, 6) is 0.817. The first-order valence-corrected chi connectivity index (χ1v) is 4.70. The molecule has 0 saturated carbocycles. The van der Waals surface area contributed by atoms with E-state index in [0.717, 1.165) is 18.6 Å². The van der Waals surface area contributed by atoms with E-state index in [9.17, 15) is 0 Å². The maximum absolute atomic E-state index is 8.43.